The monoisotopic (exact) mass is 274 g/mol. The highest BCUT2D eigenvalue weighted by Crippen LogP contribution is 2.14. The molecule has 1 heteroatoms. The minimum absolute atomic E-state index is 0.0835. The van der Waals surface area contributed by atoms with Crippen LogP contribution in [-0.4, -0.2) is 11.7 Å². The highest BCUT2D eigenvalue weighted by Gasteiger charge is 2.11. The Balaban J connectivity index is 4.95. The predicted octanol–water partition coefficient (Wildman–Crippen LogP) is 4.89. The van der Waals surface area contributed by atoms with Crippen molar-refractivity contribution in [2.24, 2.45) is 11.3 Å². The molecule has 0 radical (unpaired) electrons. The number of aliphatic hydroxyl groups excluding tert-OH is 1. The largest absolute Gasteiger partial charge is 0.395 e. The van der Waals surface area contributed by atoms with E-state index >= 15 is 0 Å². The van der Waals surface area contributed by atoms with E-state index in [1.54, 1.807) is 0 Å². The Hall–Kier alpha value is -1.26. The van der Waals surface area contributed by atoms with Crippen LogP contribution in [0.5, 0.6) is 0 Å². The lowest BCUT2D eigenvalue weighted by Gasteiger charge is -2.11. The first kappa shape index (κ1) is 18.7. The van der Waals surface area contributed by atoms with Crippen LogP contribution in [0.25, 0.3) is 0 Å². The predicted molar refractivity (Wildman–Crippen MR) is 89.4 cm³/mol. The fraction of sp³-hybridized carbons (Fsp3) is 0.579. The molecule has 0 aromatic carbocycles. The van der Waals surface area contributed by atoms with E-state index < -0.39 is 0 Å². The van der Waals surface area contributed by atoms with Crippen molar-refractivity contribution in [2.45, 2.75) is 54.4 Å². The molecule has 0 bridgehead atoms. The van der Waals surface area contributed by atoms with Crippen molar-refractivity contribution in [2.75, 3.05) is 6.61 Å². The summed E-state index contributed by atoms with van der Waals surface area (Å²) in [6, 6.07) is 0. The highest BCUT2D eigenvalue weighted by atomic mass is 16.3. The molecule has 0 aliphatic carbocycles. The van der Waals surface area contributed by atoms with Gasteiger partial charge in [-0.05, 0) is 44.3 Å². The van der Waals surface area contributed by atoms with E-state index in [0.29, 0.717) is 5.92 Å². The molecule has 112 valence electrons. The minimum atomic E-state index is -0.333. The minimum Gasteiger partial charge on any atom is -0.395 e. The average molecular weight is 274 g/mol. The van der Waals surface area contributed by atoms with Crippen LogP contribution >= 0.6 is 0 Å². The molecule has 0 aliphatic rings. The molecule has 0 rings (SSSR count). The van der Waals surface area contributed by atoms with E-state index in [1.165, 1.54) is 12.0 Å². The van der Waals surface area contributed by atoms with Gasteiger partial charge in [-0.25, -0.2) is 0 Å². The summed E-state index contributed by atoms with van der Waals surface area (Å²) in [5.41, 5.74) is 2.01. The van der Waals surface area contributed by atoms with Crippen LogP contribution in [0.3, 0.4) is 0 Å². The van der Waals surface area contributed by atoms with Crippen molar-refractivity contribution in [1.29, 1.82) is 0 Å². The summed E-state index contributed by atoms with van der Waals surface area (Å²) in [7, 11) is 0. The van der Waals surface area contributed by atoms with E-state index in [2.05, 4.69) is 56.9 Å². The maximum atomic E-state index is 9.18. The quantitative estimate of drug-likeness (QED) is 0.540. The molecule has 1 N–H and O–H groups in total. The summed E-state index contributed by atoms with van der Waals surface area (Å²) in [6.07, 6.45) is 11.0. The summed E-state index contributed by atoms with van der Waals surface area (Å²) in [4.78, 5) is 0. The van der Waals surface area contributed by atoms with Crippen LogP contribution in [0.1, 0.15) is 54.4 Å². The van der Waals surface area contributed by atoms with Crippen molar-refractivity contribution < 1.29 is 5.11 Å². The molecule has 1 nitrogen and oxygen atoms in total. The van der Waals surface area contributed by atoms with Crippen LogP contribution in [0.4, 0.5) is 0 Å². The van der Waals surface area contributed by atoms with Gasteiger partial charge >= 0.3 is 0 Å². The molecule has 0 saturated carbocycles. The first-order valence-corrected chi connectivity index (χ1v) is 7.51. The van der Waals surface area contributed by atoms with Gasteiger partial charge in [-0.3, -0.25) is 0 Å². The van der Waals surface area contributed by atoms with Crippen molar-refractivity contribution in [1.82, 2.24) is 0 Å². The molecule has 20 heavy (non-hydrogen) atoms. The zero-order chi connectivity index (χ0) is 15.6. The van der Waals surface area contributed by atoms with Gasteiger partial charge in [-0.15, -0.1) is 0 Å². The molecular formula is C19H30O. The lowest BCUT2D eigenvalue weighted by molar-refractivity contribution is 0.206. The number of allylic oxidation sites excluding steroid dienone is 6. The third kappa shape index (κ3) is 8.77. The van der Waals surface area contributed by atoms with Crippen molar-refractivity contribution >= 4 is 0 Å². The molecule has 0 fully saturated rings. The average Bonchev–Trinajstić information content (AvgIpc) is 2.40. The first-order valence-electron chi connectivity index (χ1n) is 7.51. The molecule has 0 saturated heterocycles. The fourth-order valence-corrected chi connectivity index (χ4v) is 1.40. The Labute approximate surface area is 125 Å². The molecule has 0 aliphatic heterocycles. The molecular weight excluding hydrogens is 244 g/mol. The second kappa shape index (κ2) is 9.61. The lowest BCUT2D eigenvalue weighted by Crippen LogP contribution is -2.13. The van der Waals surface area contributed by atoms with E-state index in [4.69, 9.17) is 0 Å². The Morgan fingerprint density at radius 1 is 1.25 bits per heavy atom. The normalized spacial score (nSPS) is 13.8. The van der Waals surface area contributed by atoms with Crippen LogP contribution in [0.15, 0.2) is 35.5 Å². The van der Waals surface area contributed by atoms with Crippen molar-refractivity contribution in [3.05, 3.63) is 35.5 Å². The summed E-state index contributed by atoms with van der Waals surface area (Å²) in [6.45, 7) is 12.6. The number of aliphatic hydroxyl groups is 1. The maximum Gasteiger partial charge on any atom is 0.0591 e. The molecule has 0 unspecified atom stereocenters. The summed E-state index contributed by atoms with van der Waals surface area (Å²) in [5.74, 6) is 6.72. The molecule has 0 spiro atoms. The molecule has 0 atom stereocenters. The molecule has 0 aromatic rings. The van der Waals surface area contributed by atoms with Crippen LogP contribution in [-0.2, 0) is 0 Å². The van der Waals surface area contributed by atoms with Gasteiger partial charge in [-0.2, -0.15) is 0 Å². The van der Waals surface area contributed by atoms with E-state index in [1.807, 2.05) is 20.8 Å². The number of unbranched alkanes of at least 4 members (excludes halogenated alkanes) is 1. The second-order valence-corrected chi connectivity index (χ2v) is 6.15. The van der Waals surface area contributed by atoms with Gasteiger partial charge in [-0.1, -0.05) is 63.3 Å². The topological polar surface area (TPSA) is 20.2 Å². The number of rotatable bonds is 6. The zero-order valence-electron chi connectivity index (χ0n) is 14.0. The third-order valence-corrected chi connectivity index (χ3v) is 2.95. The van der Waals surface area contributed by atoms with Crippen LogP contribution in [0, 0.1) is 23.2 Å². The summed E-state index contributed by atoms with van der Waals surface area (Å²) < 4.78 is 0. The first-order chi connectivity index (χ1) is 9.32. The van der Waals surface area contributed by atoms with E-state index in [0.717, 1.165) is 12.0 Å². The second-order valence-electron chi connectivity index (χ2n) is 6.15. The number of hydrogen-bond acceptors (Lipinski definition) is 1. The van der Waals surface area contributed by atoms with Crippen LogP contribution < -0.4 is 0 Å². The van der Waals surface area contributed by atoms with Gasteiger partial charge in [0, 0.05) is 5.41 Å². The van der Waals surface area contributed by atoms with Gasteiger partial charge in [0.1, 0.15) is 0 Å². The Bertz CT molecular complexity index is 422. The molecule has 0 aromatic heterocycles. The van der Waals surface area contributed by atoms with Gasteiger partial charge < -0.3 is 5.11 Å². The lowest BCUT2D eigenvalue weighted by atomic mass is 9.95. The summed E-state index contributed by atoms with van der Waals surface area (Å²) >= 11 is 0. The highest BCUT2D eigenvalue weighted by molar-refractivity contribution is 5.35. The van der Waals surface area contributed by atoms with Gasteiger partial charge in [0.25, 0.3) is 0 Å². The Kier molecular flexibility index (Phi) is 9.01. The fourth-order valence-electron chi connectivity index (χ4n) is 1.40. The maximum absolute atomic E-state index is 9.18. The van der Waals surface area contributed by atoms with Crippen molar-refractivity contribution in [3.8, 4) is 11.8 Å². The van der Waals surface area contributed by atoms with E-state index in [9.17, 15) is 5.11 Å². The number of hydrogen-bond donors (Lipinski definition) is 1. The van der Waals surface area contributed by atoms with Crippen molar-refractivity contribution in [3.63, 3.8) is 0 Å². The van der Waals surface area contributed by atoms with Gasteiger partial charge in [0.15, 0.2) is 0 Å². The molecule has 0 heterocycles. The third-order valence-electron chi connectivity index (χ3n) is 2.95. The standard InChI is InChI=1S/C19H30O/c1-7-8-9-10-18(16(2)3)12-11-17(4)13-14-19(5,6)15-20/h9-12,16,20H,7-8,15H2,1-6H3/b10-9+,17-11+,18-12-. The zero-order valence-corrected chi connectivity index (χ0v) is 14.0. The Morgan fingerprint density at radius 2 is 1.90 bits per heavy atom. The SMILES string of the molecule is CCC/C=C/C(=C/C=C(\C)C#CC(C)(C)CO)C(C)C. The summed E-state index contributed by atoms with van der Waals surface area (Å²) in [5, 5.41) is 9.18. The van der Waals surface area contributed by atoms with Gasteiger partial charge in [0.05, 0.1) is 6.61 Å². The smallest absolute Gasteiger partial charge is 0.0591 e. The molecule has 0 amide bonds. The van der Waals surface area contributed by atoms with Gasteiger partial charge in [0.2, 0.25) is 0 Å². The Morgan fingerprint density at radius 3 is 2.40 bits per heavy atom. The van der Waals surface area contributed by atoms with E-state index in [-0.39, 0.29) is 12.0 Å². The van der Waals surface area contributed by atoms with Crippen LogP contribution in [0.2, 0.25) is 0 Å².